The fraction of sp³-hybridized carbons (Fsp3) is 0.259. The first-order chi connectivity index (χ1) is 18.3. The average Bonchev–Trinajstić information content (AvgIpc) is 3.23. The molecule has 3 N–H and O–H groups in total. The Morgan fingerprint density at radius 3 is 2.33 bits per heavy atom. The van der Waals surface area contributed by atoms with Gasteiger partial charge in [0.15, 0.2) is 12.3 Å². The second-order valence-electron chi connectivity index (χ2n) is 9.72. The molecular weight excluding hydrogens is 515 g/mol. The summed E-state index contributed by atoms with van der Waals surface area (Å²) in [5, 5.41) is 7.19. The van der Waals surface area contributed by atoms with Crippen molar-refractivity contribution >= 4 is 29.2 Å². The van der Waals surface area contributed by atoms with E-state index in [1.54, 1.807) is 12.3 Å². The summed E-state index contributed by atoms with van der Waals surface area (Å²) in [5.74, 6) is -1.25. The van der Waals surface area contributed by atoms with Crippen molar-refractivity contribution in [1.82, 2.24) is 14.6 Å². The van der Waals surface area contributed by atoms with E-state index in [9.17, 15) is 22.8 Å². The molecule has 1 amide bonds. The monoisotopic (exact) mass is 541 g/mol. The lowest BCUT2D eigenvalue weighted by Crippen LogP contribution is -2.24. The summed E-state index contributed by atoms with van der Waals surface area (Å²) in [6.45, 7) is 3.89. The summed E-state index contributed by atoms with van der Waals surface area (Å²) in [6.07, 6.45) is -2.68. The number of nitrogens with two attached hydrogens (primary N) is 1. The van der Waals surface area contributed by atoms with Gasteiger partial charge in [-0.1, -0.05) is 24.3 Å². The Labute approximate surface area is 221 Å². The Hall–Kier alpha value is -4.61. The molecule has 204 valence electrons. The Balaban J connectivity index is 1.53. The quantitative estimate of drug-likeness (QED) is 0.299. The molecule has 0 saturated heterocycles. The maximum atomic E-state index is 12.7. The van der Waals surface area contributed by atoms with Crippen LogP contribution >= 0.6 is 0 Å². The number of primary amides is 1. The first-order valence-electron chi connectivity index (χ1n) is 11.8. The predicted molar refractivity (Wildman–Crippen MR) is 138 cm³/mol. The number of alkyl halides is 3. The van der Waals surface area contributed by atoms with Gasteiger partial charge in [-0.05, 0) is 62.2 Å². The van der Waals surface area contributed by atoms with Gasteiger partial charge in [-0.25, -0.2) is 4.52 Å². The van der Waals surface area contributed by atoms with Crippen LogP contribution in [-0.2, 0) is 16.0 Å². The fourth-order valence-electron chi connectivity index (χ4n) is 3.64. The van der Waals surface area contributed by atoms with Crippen LogP contribution in [0.3, 0.4) is 0 Å². The summed E-state index contributed by atoms with van der Waals surface area (Å²) in [5.41, 5.74) is 7.80. The number of rotatable bonds is 8. The summed E-state index contributed by atoms with van der Waals surface area (Å²) < 4.78 is 49.9. The van der Waals surface area contributed by atoms with Crippen LogP contribution in [0.25, 0.3) is 16.8 Å². The summed E-state index contributed by atoms with van der Waals surface area (Å²) in [7, 11) is 0. The Morgan fingerprint density at radius 1 is 1.00 bits per heavy atom. The van der Waals surface area contributed by atoms with E-state index in [0.717, 1.165) is 22.8 Å². The number of pyridine rings is 1. The minimum Gasteiger partial charge on any atom is -0.482 e. The number of benzene rings is 2. The summed E-state index contributed by atoms with van der Waals surface area (Å²) >= 11 is 0. The maximum Gasteiger partial charge on any atom is 0.422 e. The fourth-order valence-corrected chi connectivity index (χ4v) is 3.64. The van der Waals surface area contributed by atoms with Crippen molar-refractivity contribution in [2.24, 2.45) is 5.73 Å². The number of carbonyl (C=O) groups is 2. The zero-order chi connectivity index (χ0) is 28.4. The van der Waals surface area contributed by atoms with E-state index in [4.69, 9.17) is 15.2 Å². The normalized spacial score (nSPS) is 11.8. The van der Waals surface area contributed by atoms with Gasteiger partial charge in [0, 0.05) is 17.3 Å². The number of nitrogens with zero attached hydrogens (tertiary/aromatic N) is 3. The number of nitrogens with one attached hydrogen (secondary N) is 1. The molecule has 4 aromatic rings. The third-order valence-corrected chi connectivity index (χ3v) is 5.29. The number of aromatic nitrogens is 3. The molecule has 0 spiro atoms. The van der Waals surface area contributed by atoms with Crippen molar-refractivity contribution in [2.45, 2.75) is 39.0 Å². The number of halogens is 3. The number of anilines is 2. The van der Waals surface area contributed by atoms with Crippen LogP contribution in [0, 0.1) is 0 Å². The van der Waals surface area contributed by atoms with Crippen LogP contribution in [-0.4, -0.2) is 44.9 Å². The van der Waals surface area contributed by atoms with E-state index >= 15 is 0 Å². The lowest BCUT2D eigenvalue weighted by molar-refractivity contribution is -0.154. The third kappa shape index (κ3) is 7.46. The molecule has 4 rings (SSSR count). The highest BCUT2D eigenvalue weighted by atomic mass is 19.4. The summed E-state index contributed by atoms with van der Waals surface area (Å²) in [4.78, 5) is 27.9. The standard InChI is InChI=1S/C27H26F3N5O4/c1-26(2,3)39-23(36)12-16-4-6-17(7-5-16)19-9-11-22-33-25(34-35(22)14-19)32-20-10-8-18(24(31)37)13-21(20)38-15-27(28,29)30/h4-11,13-14H,12,15H2,1-3H3,(H2,31,37)(H,32,34). The molecule has 0 aliphatic rings. The minimum absolute atomic E-state index is 0.0116. The zero-order valence-corrected chi connectivity index (χ0v) is 21.4. The number of carbonyl (C=O) groups excluding carboxylic acids is 2. The molecule has 0 aliphatic heterocycles. The predicted octanol–water partition coefficient (Wildman–Crippen LogP) is 5.06. The van der Waals surface area contributed by atoms with Gasteiger partial charge >= 0.3 is 12.1 Å². The second kappa shape index (κ2) is 10.6. The van der Waals surface area contributed by atoms with Crippen molar-refractivity contribution in [2.75, 3.05) is 11.9 Å². The maximum absolute atomic E-state index is 12.7. The second-order valence-corrected chi connectivity index (χ2v) is 9.72. The van der Waals surface area contributed by atoms with Crippen molar-refractivity contribution < 1.29 is 32.2 Å². The van der Waals surface area contributed by atoms with E-state index in [1.807, 2.05) is 51.1 Å². The van der Waals surface area contributed by atoms with Crippen LogP contribution in [0.5, 0.6) is 5.75 Å². The summed E-state index contributed by atoms with van der Waals surface area (Å²) in [6, 6.07) is 14.9. The molecule has 0 aliphatic carbocycles. The number of fused-ring (bicyclic) bond motifs is 1. The average molecular weight is 542 g/mol. The number of hydrogen-bond acceptors (Lipinski definition) is 7. The SMILES string of the molecule is CC(C)(C)OC(=O)Cc1ccc(-c2ccc3nc(Nc4ccc(C(N)=O)cc4OCC(F)(F)F)nn3c2)cc1. The van der Waals surface area contributed by atoms with Crippen LogP contribution in [0.2, 0.25) is 0 Å². The Morgan fingerprint density at radius 2 is 1.69 bits per heavy atom. The molecular formula is C27H26F3N5O4. The molecule has 39 heavy (non-hydrogen) atoms. The molecule has 0 radical (unpaired) electrons. The van der Waals surface area contributed by atoms with E-state index in [0.29, 0.717) is 5.65 Å². The number of ether oxygens (including phenoxy) is 2. The highest BCUT2D eigenvalue weighted by molar-refractivity contribution is 5.94. The van der Waals surface area contributed by atoms with E-state index in [-0.39, 0.29) is 35.3 Å². The van der Waals surface area contributed by atoms with Gasteiger partial charge in [-0.15, -0.1) is 5.10 Å². The third-order valence-electron chi connectivity index (χ3n) is 5.29. The molecule has 2 aromatic heterocycles. The van der Waals surface area contributed by atoms with E-state index in [2.05, 4.69) is 15.4 Å². The molecule has 12 heteroatoms. The van der Waals surface area contributed by atoms with Gasteiger partial charge < -0.3 is 20.5 Å². The first kappa shape index (κ1) is 27.4. The number of esters is 1. The van der Waals surface area contributed by atoms with Gasteiger partial charge in [0.25, 0.3) is 0 Å². The van der Waals surface area contributed by atoms with Gasteiger partial charge in [-0.3, -0.25) is 9.59 Å². The van der Waals surface area contributed by atoms with Crippen molar-refractivity contribution in [3.63, 3.8) is 0 Å². The molecule has 2 aromatic carbocycles. The van der Waals surface area contributed by atoms with Crippen LogP contribution < -0.4 is 15.8 Å². The van der Waals surface area contributed by atoms with Crippen LogP contribution in [0.15, 0.2) is 60.8 Å². The van der Waals surface area contributed by atoms with Crippen molar-refractivity contribution in [1.29, 1.82) is 0 Å². The van der Waals surface area contributed by atoms with Gasteiger partial charge in [-0.2, -0.15) is 18.2 Å². The minimum atomic E-state index is -4.58. The first-order valence-corrected chi connectivity index (χ1v) is 11.8. The molecule has 0 fully saturated rings. The molecule has 0 bridgehead atoms. The van der Waals surface area contributed by atoms with Gasteiger partial charge in [0.2, 0.25) is 11.9 Å². The highest BCUT2D eigenvalue weighted by Gasteiger charge is 2.29. The number of hydrogen-bond donors (Lipinski definition) is 2. The lowest BCUT2D eigenvalue weighted by atomic mass is 10.0. The Bertz CT molecular complexity index is 1510. The smallest absolute Gasteiger partial charge is 0.422 e. The zero-order valence-electron chi connectivity index (χ0n) is 21.4. The topological polar surface area (TPSA) is 121 Å². The molecule has 2 heterocycles. The van der Waals surface area contributed by atoms with Crippen molar-refractivity contribution in [3.8, 4) is 16.9 Å². The van der Waals surface area contributed by atoms with Crippen molar-refractivity contribution in [3.05, 3.63) is 71.9 Å². The highest BCUT2D eigenvalue weighted by Crippen LogP contribution is 2.30. The number of amides is 1. The van der Waals surface area contributed by atoms with Gasteiger partial charge in [0.05, 0.1) is 12.1 Å². The van der Waals surface area contributed by atoms with Crippen LogP contribution in [0.1, 0.15) is 36.7 Å². The molecule has 9 nitrogen and oxygen atoms in total. The van der Waals surface area contributed by atoms with E-state index < -0.39 is 24.3 Å². The Kier molecular flexibility index (Phi) is 7.48. The van der Waals surface area contributed by atoms with Gasteiger partial charge in [0.1, 0.15) is 11.4 Å². The van der Waals surface area contributed by atoms with E-state index in [1.165, 1.54) is 16.6 Å². The van der Waals surface area contributed by atoms with Crippen LogP contribution in [0.4, 0.5) is 24.8 Å². The molecule has 0 unspecified atom stereocenters. The molecule has 0 atom stereocenters. The lowest BCUT2D eigenvalue weighted by Gasteiger charge is -2.19. The largest absolute Gasteiger partial charge is 0.482 e. The molecule has 0 saturated carbocycles.